The molecule has 8 heteroatoms. The van der Waals surface area contributed by atoms with Gasteiger partial charge in [-0.2, -0.15) is 4.31 Å². The average Bonchev–Trinajstić information content (AvgIpc) is 3.11. The molecule has 3 aromatic rings. The molecule has 1 fully saturated rings. The SMILES string of the molecule is O=S(=O)(c1cccc2cccnc12)N1CC[C@@H](Oc2cnccn2)C1. The van der Waals surface area contributed by atoms with Crippen LogP contribution in [0.25, 0.3) is 10.9 Å². The van der Waals surface area contributed by atoms with Crippen molar-refractivity contribution in [2.45, 2.75) is 17.4 Å². The molecule has 25 heavy (non-hydrogen) atoms. The summed E-state index contributed by atoms with van der Waals surface area (Å²) >= 11 is 0. The molecule has 0 N–H and O–H groups in total. The smallest absolute Gasteiger partial charge is 0.245 e. The molecular weight excluding hydrogens is 340 g/mol. The lowest BCUT2D eigenvalue weighted by molar-refractivity contribution is 0.206. The van der Waals surface area contributed by atoms with Crippen molar-refractivity contribution in [2.75, 3.05) is 13.1 Å². The molecule has 128 valence electrons. The van der Waals surface area contributed by atoms with Crippen molar-refractivity contribution in [3.8, 4) is 5.88 Å². The number of aromatic nitrogens is 3. The van der Waals surface area contributed by atoms with Gasteiger partial charge < -0.3 is 4.74 Å². The van der Waals surface area contributed by atoms with Gasteiger partial charge in [-0.1, -0.05) is 18.2 Å². The van der Waals surface area contributed by atoms with E-state index in [-0.39, 0.29) is 17.5 Å². The molecule has 0 radical (unpaired) electrons. The second-order valence-corrected chi connectivity index (χ2v) is 7.67. The molecule has 1 saturated heterocycles. The largest absolute Gasteiger partial charge is 0.472 e. The lowest BCUT2D eigenvalue weighted by Gasteiger charge is -2.17. The van der Waals surface area contributed by atoms with Crippen LogP contribution in [0.3, 0.4) is 0 Å². The fourth-order valence-electron chi connectivity index (χ4n) is 2.95. The minimum Gasteiger partial charge on any atom is -0.472 e. The van der Waals surface area contributed by atoms with Gasteiger partial charge in [-0.25, -0.2) is 13.4 Å². The topological polar surface area (TPSA) is 85.3 Å². The van der Waals surface area contributed by atoms with Crippen LogP contribution in [0.4, 0.5) is 0 Å². The zero-order chi connectivity index (χ0) is 17.3. The number of para-hydroxylation sites is 1. The fraction of sp³-hybridized carbons (Fsp3) is 0.235. The van der Waals surface area contributed by atoms with E-state index in [1.54, 1.807) is 36.8 Å². The highest BCUT2D eigenvalue weighted by Gasteiger charge is 2.35. The van der Waals surface area contributed by atoms with Gasteiger partial charge in [-0.3, -0.25) is 9.97 Å². The van der Waals surface area contributed by atoms with E-state index in [2.05, 4.69) is 15.0 Å². The molecule has 1 aliphatic rings. The summed E-state index contributed by atoms with van der Waals surface area (Å²) in [4.78, 5) is 12.5. The Morgan fingerprint density at radius 3 is 2.80 bits per heavy atom. The summed E-state index contributed by atoms with van der Waals surface area (Å²) in [6.45, 7) is 0.679. The van der Waals surface area contributed by atoms with Gasteiger partial charge in [0.25, 0.3) is 0 Å². The minimum absolute atomic E-state index is 0.228. The average molecular weight is 356 g/mol. The number of nitrogens with zero attached hydrogens (tertiary/aromatic N) is 4. The molecule has 4 rings (SSSR count). The third-order valence-corrected chi connectivity index (χ3v) is 6.04. The molecule has 3 heterocycles. The van der Waals surface area contributed by atoms with E-state index in [9.17, 15) is 8.42 Å². The Hall–Kier alpha value is -2.58. The van der Waals surface area contributed by atoms with Gasteiger partial charge >= 0.3 is 0 Å². The van der Waals surface area contributed by atoms with E-state index >= 15 is 0 Å². The highest BCUT2D eigenvalue weighted by molar-refractivity contribution is 7.89. The molecule has 1 atom stereocenters. The van der Waals surface area contributed by atoms with E-state index in [4.69, 9.17) is 4.74 Å². The van der Waals surface area contributed by atoms with Crippen molar-refractivity contribution in [1.29, 1.82) is 0 Å². The summed E-state index contributed by atoms with van der Waals surface area (Å²) in [6, 6.07) is 8.83. The van der Waals surface area contributed by atoms with E-state index in [1.807, 2.05) is 12.1 Å². The maximum atomic E-state index is 13.0. The normalized spacial score (nSPS) is 18.5. The van der Waals surface area contributed by atoms with Gasteiger partial charge in [0.1, 0.15) is 11.0 Å². The summed E-state index contributed by atoms with van der Waals surface area (Å²) in [5, 5.41) is 0.801. The summed E-state index contributed by atoms with van der Waals surface area (Å²) in [5.41, 5.74) is 0.489. The summed E-state index contributed by atoms with van der Waals surface area (Å²) in [7, 11) is -3.64. The lowest BCUT2D eigenvalue weighted by Crippen LogP contribution is -2.31. The summed E-state index contributed by atoms with van der Waals surface area (Å²) < 4.78 is 33.3. The summed E-state index contributed by atoms with van der Waals surface area (Å²) in [6.07, 6.45) is 6.59. The maximum Gasteiger partial charge on any atom is 0.245 e. The second-order valence-electron chi connectivity index (χ2n) is 5.77. The monoisotopic (exact) mass is 356 g/mol. The molecule has 0 bridgehead atoms. The maximum absolute atomic E-state index is 13.0. The van der Waals surface area contributed by atoms with Crippen LogP contribution < -0.4 is 4.74 Å². The van der Waals surface area contributed by atoms with Gasteiger partial charge in [-0.15, -0.1) is 0 Å². The van der Waals surface area contributed by atoms with Crippen LogP contribution in [0.15, 0.2) is 60.0 Å². The number of ether oxygens (including phenoxy) is 1. The first-order chi connectivity index (χ1) is 12.1. The highest BCUT2D eigenvalue weighted by atomic mass is 32.2. The first-order valence-electron chi connectivity index (χ1n) is 7.91. The van der Waals surface area contributed by atoms with Crippen molar-refractivity contribution in [3.63, 3.8) is 0 Å². The number of hydrogen-bond donors (Lipinski definition) is 0. The van der Waals surface area contributed by atoms with Gasteiger partial charge in [0.2, 0.25) is 15.9 Å². The molecule has 1 aromatic carbocycles. The molecule has 0 amide bonds. The fourth-order valence-corrected chi connectivity index (χ4v) is 4.60. The second kappa shape index (κ2) is 6.38. The van der Waals surface area contributed by atoms with Crippen LogP contribution >= 0.6 is 0 Å². The molecule has 1 aliphatic heterocycles. The molecule has 2 aromatic heterocycles. The Bertz CT molecular complexity index is 990. The first kappa shape index (κ1) is 15.9. The van der Waals surface area contributed by atoms with Crippen molar-refractivity contribution in [1.82, 2.24) is 19.3 Å². The molecule has 0 unspecified atom stereocenters. The number of rotatable bonds is 4. The van der Waals surface area contributed by atoms with Crippen LogP contribution in [0.2, 0.25) is 0 Å². The van der Waals surface area contributed by atoms with Crippen LogP contribution in [0.5, 0.6) is 5.88 Å². The van der Waals surface area contributed by atoms with Crippen LogP contribution in [-0.2, 0) is 10.0 Å². The molecule has 0 aliphatic carbocycles. The Balaban J connectivity index is 1.59. The zero-order valence-corrected chi connectivity index (χ0v) is 14.1. The Labute approximate surface area is 145 Å². The molecule has 7 nitrogen and oxygen atoms in total. The zero-order valence-electron chi connectivity index (χ0n) is 13.3. The number of fused-ring (bicyclic) bond motifs is 1. The van der Waals surface area contributed by atoms with Crippen molar-refractivity contribution in [2.24, 2.45) is 0 Å². The third-order valence-electron chi connectivity index (χ3n) is 4.15. The molecule has 0 spiro atoms. The molecular formula is C17H16N4O3S. The summed E-state index contributed by atoms with van der Waals surface area (Å²) in [5.74, 6) is 0.401. The number of sulfonamides is 1. The highest BCUT2D eigenvalue weighted by Crippen LogP contribution is 2.27. The van der Waals surface area contributed by atoms with Gasteiger partial charge in [0, 0.05) is 30.5 Å². The number of benzene rings is 1. The predicted octanol–water partition coefficient (Wildman–Crippen LogP) is 1.87. The van der Waals surface area contributed by atoms with Crippen molar-refractivity contribution >= 4 is 20.9 Å². The minimum atomic E-state index is -3.64. The first-order valence-corrected chi connectivity index (χ1v) is 9.35. The Morgan fingerprint density at radius 2 is 1.96 bits per heavy atom. The number of hydrogen-bond acceptors (Lipinski definition) is 6. The van der Waals surface area contributed by atoms with Gasteiger partial charge in [-0.05, 0) is 18.6 Å². The van der Waals surface area contributed by atoms with E-state index in [0.717, 1.165) is 5.39 Å². The molecule has 0 saturated carbocycles. The predicted molar refractivity (Wildman–Crippen MR) is 91.6 cm³/mol. The van der Waals surface area contributed by atoms with Gasteiger partial charge in [0.15, 0.2) is 0 Å². The van der Waals surface area contributed by atoms with Crippen LogP contribution in [-0.4, -0.2) is 46.9 Å². The quantitative estimate of drug-likeness (QED) is 0.709. The van der Waals surface area contributed by atoms with Crippen molar-refractivity contribution in [3.05, 3.63) is 55.1 Å². The van der Waals surface area contributed by atoms with Crippen LogP contribution in [0, 0.1) is 0 Å². The van der Waals surface area contributed by atoms with Crippen LogP contribution in [0.1, 0.15) is 6.42 Å². The van der Waals surface area contributed by atoms with Gasteiger partial charge in [0.05, 0.1) is 18.3 Å². The Morgan fingerprint density at radius 1 is 1.08 bits per heavy atom. The van der Waals surface area contributed by atoms with Crippen molar-refractivity contribution < 1.29 is 13.2 Å². The third kappa shape index (κ3) is 3.06. The van der Waals surface area contributed by atoms with E-state index in [1.165, 1.54) is 10.5 Å². The number of pyridine rings is 1. The van der Waals surface area contributed by atoms with E-state index < -0.39 is 10.0 Å². The van der Waals surface area contributed by atoms with E-state index in [0.29, 0.717) is 24.4 Å². The Kier molecular flexibility index (Phi) is 4.06. The standard InChI is InChI=1S/C17H16N4O3S/c22-25(23,15-5-1-3-13-4-2-7-20-17(13)15)21-10-6-14(12-21)24-16-11-18-8-9-19-16/h1-5,7-9,11,14H,6,10,12H2/t14-/m1/s1. The lowest BCUT2D eigenvalue weighted by atomic mass is 10.2.